The van der Waals surface area contributed by atoms with Crippen LogP contribution in [0.4, 0.5) is 0 Å². The van der Waals surface area contributed by atoms with E-state index in [2.05, 4.69) is 37.8 Å². The molecule has 0 aliphatic carbocycles. The Labute approximate surface area is 87.1 Å². The predicted octanol–water partition coefficient (Wildman–Crippen LogP) is 2.91. The summed E-state index contributed by atoms with van der Waals surface area (Å²) in [6, 6.07) is 1.51. The standard InChI is InChI=1S/C11H23NS/c1-9(2)4-5-10(3)12-11-6-7-13-8-11/h9-12H,4-8H2,1-3H3. The maximum Gasteiger partial charge on any atom is 0.0168 e. The van der Waals surface area contributed by atoms with Gasteiger partial charge in [0.15, 0.2) is 0 Å². The largest absolute Gasteiger partial charge is 0.311 e. The van der Waals surface area contributed by atoms with Crippen LogP contribution in [0.15, 0.2) is 0 Å². The highest BCUT2D eigenvalue weighted by atomic mass is 32.2. The van der Waals surface area contributed by atoms with Crippen LogP contribution in [0.25, 0.3) is 0 Å². The van der Waals surface area contributed by atoms with Gasteiger partial charge in [-0.1, -0.05) is 13.8 Å². The van der Waals surface area contributed by atoms with Gasteiger partial charge < -0.3 is 5.32 Å². The second-order valence-electron chi connectivity index (χ2n) is 4.60. The maximum absolute atomic E-state index is 3.71. The lowest BCUT2D eigenvalue weighted by molar-refractivity contribution is 0.414. The summed E-state index contributed by atoms with van der Waals surface area (Å²) in [6.45, 7) is 6.93. The van der Waals surface area contributed by atoms with Gasteiger partial charge in [0.2, 0.25) is 0 Å². The molecule has 0 bridgehead atoms. The molecular formula is C11H23NS. The fourth-order valence-corrected chi connectivity index (χ4v) is 2.90. The fraction of sp³-hybridized carbons (Fsp3) is 1.00. The normalized spacial score (nSPS) is 25.4. The van der Waals surface area contributed by atoms with E-state index in [4.69, 9.17) is 0 Å². The van der Waals surface area contributed by atoms with Crippen molar-refractivity contribution < 1.29 is 0 Å². The van der Waals surface area contributed by atoms with E-state index in [1.54, 1.807) is 0 Å². The zero-order chi connectivity index (χ0) is 9.68. The summed E-state index contributed by atoms with van der Waals surface area (Å²) in [5, 5.41) is 3.71. The molecule has 78 valence electrons. The van der Waals surface area contributed by atoms with E-state index < -0.39 is 0 Å². The van der Waals surface area contributed by atoms with Gasteiger partial charge >= 0.3 is 0 Å². The summed E-state index contributed by atoms with van der Waals surface area (Å²) in [7, 11) is 0. The van der Waals surface area contributed by atoms with Crippen LogP contribution in [-0.4, -0.2) is 23.6 Å². The second kappa shape index (κ2) is 5.92. The Bertz CT molecular complexity index is 130. The van der Waals surface area contributed by atoms with Crippen molar-refractivity contribution in [2.24, 2.45) is 5.92 Å². The van der Waals surface area contributed by atoms with Crippen LogP contribution in [0, 0.1) is 5.92 Å². The van der Waals surface area contributed by atoms with Crippen molar-refractivity contribution in [1.82, 2.24) is 5.32 Å². The SMILES string of the molecule is CC(C)CCC(C)NC1CCSC1. The van der Waals surface area contributed by atoms with Gasteiger partial charge in [-0.15, -0.1) is 0 Å². The molecule has 2 unspecified atom stereocenters. The van der Waals surface area contributed by atoms with E-state index >= 15 is 0 Å². The van der Waals surface area contributed by atoms with Crippen molar-refractivity contribution in [2.45, 2.75) is 52.1 Å². The van der Waals surface area contributed by atoms with Crippen LogP contribution >= 0.6 is 11.8 Å². The molecule has 1 aliphatic rings. The van der Waals surface area contributed by atoms with Gasteiger partial charge in [0.05, 0.1) is 0 Å². The lowest BCUT2D eigenvalue weighted by atomic mass is 10.0. The highest BCUT2D eigenvalue weighted by Crippen LogP contribution is 2.18. The second-order valence-corrected chi connectivity index (χ2v) is 5.75. The van der Waals surface area contributed by atoms with Crippen LogP contribution in [0.1, 0.15) is 40.0 Å². The summed E-state index contributed by atoms with van der Waals surface area (Å²) in [4.78, 5) is 0. The first-order valence-corrected chi connectivity index (χ1v) is 6.67. The number of hydrogen-bond donors (Lipinski definition) is 1. The molecule has 0 spiro atoms. The van der Waals surface area contributed by atoms with Crippen LogP contribution < -0.4 is 5.32 Å². The zero-order valence-corrected chi connectivity index (χ0v) is 9.99. The Kier molecular flexibility index (Phi) is 5.18. The Morgan fingerprint density at radius 2 is 2.08 bits per heavy atom. The van der Waals surface area contributed by atoms with Crippen molar-refractivity contribution in [3.63, 3.8) is 0 Å². The molecule has 0 aromatic rings. The minimum absolute atomic E-state index is 0.714. The Morgan fingerprint density at radius 1 is 1.31 bits per heavy atom. The van der Waals surface area contributed by atoms with Crippen molar-refractivity contribution >= 4 is 11.8 Å². The molecule has 1 N–H and O–H groups in total. The third-order valence-corrected chi connectivity index (χ3v) is 3.79. The molecule has 1 fully saturated rings. The first-order chi connectivity index (χ1) is 6.18. The van der Waals surface area contributed by atoms with Gasteiger partial charge in [0.1, 0.15) is 0 Å². The fourth-order valence-electron chi connectivity index (χ4n) is 1.73. The molecule has 1 rings (SSSR count). The molecule has 2 heteroatoms. The topological polar surface area (TPSA) is 12.0 Å². The third-order valence-electron chi connectivity index (χ3n) is 2.63. The molecule has 1 nitrogen and oxygen atoms in total. The zero-order valence-electron chi connectivity index (χ0n) is 9.18. The summed E-state index contributed by atoms with van der Waals surface area (Å²) in [5.41, 5.74) is 0. The molecule has 0 aromatic carbocycles. The molecule has 2 atom stereocenters. The smallest absolute Gasteiger partial charge is 0.0168 e. The Morgan fingerprint density at radius 3 is 2.62 bits per heavy atom. The number of hydrogen-bond acceptors (Lipinski definition) is 2. The van der Waals surface area contributed by atoms with E-state index in [0.717, 1.165) is 12.0 Å². The van der Waals surface area contributed by atoms with Crippen LogP contribution in [0.3, 0.4) is 0 Å². The van der Waals surface area contributed by atoms with Crippen molar-refractivity contribution in [3.8, 4) is 0 Å². The highest BCUT2D eigenvalue weighted by molar-refractivity contribution is 7.99. The van der Waals surface area contributed by atoms with Crippen molar-refractivity contribution in [3.05, 3.63) is 0 Å². The van der Waals surface area contributed by atoms with Crippen molar-refractivity contribution in [2.75, 3.05) is 11.5 Å². The van der Waals surface area contributed by atoms with Crippen LogP contribution in [-0.2, 0) is 0 Å². The maximum atomic E-state index is 3.71. The molecule has 0 saturated carbocycles. The molecule has 0 aromatic heterocycles. The number of nitrogens with one attached hydrogen (secondary N) is 1. The molecule has 13 heavy (non-hydrogen) atoms. The van der Waals surface area contributed by atoms with E-state index in [1.165, 1.54) is 30.8 Å². The Hall–Kier alpha value is 0.310. The molecule has 1 aliphatic heterocycles. The van der Waals surface area contributed by atoms with Crippen LogP contribution in [0.2, 0.25) is 0 Å². The Balaban J connectivity index is 2.05. The summed E-state index contributed by atoms with van der Waals surface area (Å²) in [6.07, 6.45) is 4.06. The van der Waals surface area contributed by atoms with E-state index in [9.17, 15) is 0 Å². The predicted molar refractivity (Wildman–Crippen MR) is 62.4 cm³/mol. The minimum Gasteiger partial charge on any atom is -0.311 e. The van der Waals surface area contributed by atoms with Gasteiger partial charge in [-0.25, -0.2) is 0 Å². The molecular weight excluding hydrogens is 178 g/mol. The summed E-state index contributed by atoms with van der Waals surface area (Å²) < 4.78 is 0. The number of thioether (sulfide) groups is 1. The average molecular weight is 201 g/mol. The highest BCUT2D eigenvalue weighted by Gasteiger charge is 2.16. The van der Waals surface area contributed by atoms with E-state index in [0.29, 0.717) is 6.04 Å². The molecule has 0 amide bonds. The minimum atomic E-state index is 0.714. The first kappa shape index (κ1) is 11.4. The molecule has 0 radical (unpaired) electrons. The van der Waals surface area contributed by atoms with Crippen molar-refractivity contribution in [1.29, 1.82) is 0 Å². The van der Waals surface area contributed by atoms with Gasteiger partial charge in [-0.3, -0.25) is 0 Å². The number of rotatable bonds is 5. The third kappa shape index (κ3) is 4.92. The van der Waals surface area contributed by atoms with E-state index in [1.807, 2.05) is 0 Å². The van der Waals surface area contributed by atoms with Gasteiger partial charge in [0.25, 0.3) is 0 Å². The molecule has 1 saturated heterocycles. The summed E-state index contributed by atoms with van der Waals surface area (Å²) in [5.74, 6) is 3.53. The lowest BCUT2D eigenvalue weighted by Gasteiger charge is -2.19. The summed E-state index contributed by atoms with van der Waals surface area (Å²) >= 11 is 2.09. The molecule has 1 heterocycles. The lowest BCUT2D eigenvalue weighted by Crippen LogP contribution is -2.36. The van der Waals surface area contributed by atoms with E-state index in [-0.39, 0.29) is 0 Å². The van der Waals surface area contributed by atoms with Gasteiger partial charge in [-0.2, -0.15) is 11.8 Å². The average Bonchev–Trinajstić information content (AvgIpc) is 2.53. The van der Waals surface area contributed by atoms with Gasteiger partial charge in [0, 0.05) is 17.8 Å². The first-order valence-electron chi connectivity index (χ1n) is 5.52. The van der Waals surface area contributed by atoms with Crippen LogP contribution in [0.5, 0.6) is 0 Å². The van der Waals surface area contributed by atoms with Gasteiger partial charge in [-0.05, 0) is 37.9 Å². The monoisotopic (exact) mass is 201 g/mol. The quantitative estimate of drug-likeness (QED) is 0.734.